The van der Waals surface area contributed by atoms with Crippen LogP contribution in [0.15, 0.2) is 48.5 Å². The molecule has 0 unspecified atom stereocenters. The van der Waals surface area contributed by atoms with Crippen LogP contribution in [-0.2, 0) is 0 Å². The van der Waals surface area contributed by atoms with Gasteiger partial charge in [-0.05, 0) is 55.8 Å². The Balaban J connectivity index is 1.86. The SMILES string of the molecule is CCN(CCOc1ccc(Oc2cccc(C)c2)cc1)C(=O)O. The molecule has 0 atom stereocenters. The highest BCUT2D eigenvalue weighted by atomic mass is 16.5. The molecule has 0 bridgehead atoms. The lowest BCUT2D eigenvalue weighted by Crippen LogP contribution is -2.33. The Labute approximate surface area is 136 Å². The van der Waals surface area contributed by atoms with Crippen molar-refractivity contribution in [1.29, 1.82) is 0 Å². The van der Waals surface area contributed by atoms with Gasteiger partial charge in [0, 0.05) is 6.54 Å². The van der Waals surface area contributed by atoms with Crippen LogP contribution in [0.2, 0.25) is 0 Å². The van der Waals surface area contributed by atoms with E-state index in [4.69, 9.17) is 14.6 Å². The Hall–Kier alpha value is -2.69. The van der Waals surface area contributed by atoms with Gasteiger partial charge in [0.25, 0.3) is 0 Å². The minimum absolute atomic E-state index is 0.318. The smallest absolute Gasteiger partial charge is 0.407 e. The number of carboxylic acid groups (broad SMARTS) is 1. The van der Waals surface area contributed by atoms with Crippen LogP contribution in [-0.4, -0.2) is 35.8 Å². The van der Waals surface area contributed by atoms with E-state index >= 15 is 0 Å². The van der Waals surface area contributed by atoms with Crippen molar-refractivity contribution in [2.45, 2.75) is 13.8 Å². The van der Waals surface area contributed by atoms with Crippen LogP contribution < -0.4 is 9.47 Å². The molecule has 0 saturated carbocycles. The molecule has 0 aliphatic heterocycles. The maximum atomic E-state index is 10.9. The first-order valence-corrected chi connectivity index (χ1v) is 7.53. The van der Waals surface area contributed by atoms with Crippen LogP contribution in [0.1, 0.15) is 12.5 Å². The highest BCUT2D eigenvalue weighted by Crippen LogP contribution is 2.24. The van der Waals surface area contributed by atoms with Gasteiger partial charge in [0.1, 0.15) is 23.9 Å². The predicted molar refractivity (Wildman–Crippen MR) is 88.5 cm³/mol. The van der Waals surface area contributed by atoms with Gasteiger partial charge in [-0.2, -0.15) is 0 Å². The summed E-state index contributed by atoms with van der Waals surface area (Å²) in [6, 6.07) is 15.1. The lowest BCUT2D eigenvalue weighted by atomic mass is 10.2. The molecule has 2 aromatic rings. The van der Waals surface area contributed by atoms with Crippen LogP contribution in [0, 0.1) is 6.92 Å². The first kappa shape index (κ1) is 16.7. The predicted octanol–water partition coefficient (Wildman–Crippen LogP) is 4.17. The minimum Gasteiger partial charge on any atom is -0.492 e. The van der Waals surface area contributed by atoms with Crippen LogP contribution in [0.3, 0.4) is 0 Å². The number of benzene rings is 2. The molecule has 0 radical (unpaired) electrons. The minimum atomic E-state index is -0.932. The molecule has 23 heavy (non-hydrogen) atoms. The first-order chi connectivity index (χ1) is 11.1. The summed E-state index contributed by atoms with van der Waals surface area (Å²) in [6.07, 6.45) is -0.932. The van der Waals surface area contributed by atoms with Gasteiger partial charge in [0.05, 0.1) is 6.54 Å². The molecule has 0 aliphatic rings. The number of ether oxygens (including phenoxy) is 2. The van der Waals surface area contributed by atoms with Crippen molar-refractivity contribution in [2.24, 2.45) is 0 Å². The molecule has 0 heterocycles. The zero-order chi connectivity index (χ0) is 16.7. The van der Waals surface area contributed by atoms with E-state index in [1.807, 2.05) is 55.5 Å². The molecular weight excluding hydrogens is 294 g/mol. The summed E-state index contributed by atoms with van der Waals surface area (Å²) in [7, 11) is 0. The van der Waals surface area contributed by atoms with Gasteiger partial charge in [-0.3, -0.25) is 0 Å². The molecule has 2 aromatic carbocycles. The van der Waals surface area contributed by atoms with Gasteiger partial charge in [0.15, 0.2) is 0 Å². The third-order valence-electron chi connectivity index (χ3n) is 3.33. The van der Waals surface area contributed by atoms with E-state index in [0.717, 1.165) is 17.1 Å². The number of nitrogens with zero attached hydrogens (tertiary/aromatic N) is 1. The van der Waals surface area contributed by atoms with Crippen LogP contribution in [0.4, 0.5) is 4.79 Å². The fourth-order valence-corrected chi connectivity index (χ4v) is 2.08. The van der Waals surface area contributed by atoms with E-state index < -0.39 is 6.09 Å². The number of hydrogen-bond donors (Lipinski definition) is 1. The molecule has 0 aromatic heterocycles. The van der Waals surface area contributed by atoms with Crippen LogP contribution >= 0.6 is 0 Å². The van der Waals surface area contributed by atoms with E-state index in [1.165, 1.54) is 4.90 Å². The fraction of sp³-hybridized carbons (Fsp3) is 0.278. The van der Waals surface area contributed by atoms with Gasteiger partial charge in [-0.15, -0.1) is 0 Å². The van der Waals surface area contributed by atoms with Gasteiger partial charge in [-0.1, -0.05) is 12.1 Å². The highest BCUT2D eigenvalue weighted by Gasteiger charge is 2.08. The number of hydrogen-bond acceptors (Lipinski definition) is 3. The normalized spacial score (nSPS) is 10.2. The summed E-state index contributed by atoms with van der Waals surface area (Å²) in [4.78, 5) is 12.2. The second-order valence-electron chi connectivity index (χ2n) is 5.10. The quantitative estimate of drug-likeness (QED) is 0.833. The summed E-state index contributed by atoms with van der Waals surface area (Å²) < 4.78 is 11.3. The molecular formula is C18H21NO4. The molecule has 0 saturated heterocycles. The van der Waals surface area contributed by atoms with Crippen molar-refractivity contribution in [3.63, 3.8) is 0 Å². The number of rotatable bonds is 7. The first-order valence-electron chi connectivity index (χ1n) is 7.53. The molecule has 122 valence electrons. The lowest BCUT2D eigenvalue weighted by Gasteiger charge is -2.17. The second kappa shape index (κ2) is 8.08. The van der Waals surface area contributed by atoms with Crippen molar-refractivity contribution in [2.75, 3.05) is 19.7 Å². The molecule has 0 spiro atoms. The van der Waals surface area contributed by atoms with E-state index in [1.54, 1.807) is 6.92 Å². The number of likely N-dealkylation sites (N-methyl/N-ethyl adjacent to an activating group) is 1. The third-order valence-corrected chi connectivity index (χ3v) is 3.33. The summed E-state index contributed by atoms with van der Waals surface area (Å²) in [5.41, 5.74) is 1.14. The Morgan fingerprint density at radius 1 is 1.09 bits per heavy atom. The van der Waals surface area contributed by atoms with E-state index in [9.17, 15) is 4.79 Å². The monoisotopic (exact) mass is 315 g/mol. The van der Waals surface area contributed by atoms with Crippen molar-refractivity contribution in [3.05, 3.63) is 54.1 Å². The van der Waals surface area contributed by atoms with Crippen molar-refractivity contribution < 1.29 is 19.4 Å². The lowest BCUT2D eigenvalue weighted by molar-refractivity contribution is 0.138. The van der Waals surface area contributed by atoms with E-state index in [0.29, 0.717) is 25.4 Å². The maximum Gasteiger partial charge on any atom is 0.407 e. The Morgan fingerprint density at radius 3 is 2.39 bits per heavy atom. The van der Waals surface area contributed by atoms with Gasteiger partial charge < -0.3 is 19.5 Å². The summed E-state index contributed by atoms with van der Waals surface area (Å²) in [5.74, 6) is 2.20. The second-order valence-corrected chi connectivity index (χ2v) is 5.10. The van der Waals surface area contributed by atoms with Gasteiger partial charge in [0.2, 0.25) is 0 Å². The standard InChI is InChI=1S/C18H21NO4/c1-3-19(18(20)21)11-12-22-15-7-9-16(10-8-15)23-17-6-4-5-14(2)13-17/h4-10,13H,3,11-12H2,1-2H3,(H,20,21). The van der Waals surface area contributed by atoms with Gasteiger partial charge >= 0.3 is 6.09 Å². The van der Waals surface area contributed by atoms with Gasteiger partial charge in [-0.25, -0.2) is 4.79 Å². The van der Waals surface area contributed by atoms with Crippen LogP contribution in [0.5, 0.6) is 17.2 Å². The van der Waals surface area contributed by atoms with Crippen molar-refractivity contribution >= 4 is 6.09 Å². The number of amides is 1. The largest absolute Gasteiger partial charge is 0.492 e. The summed E-state index contributed by atoms with van der Waals surface area (Å²) in [6.45, 7) is 4.92. The zero-order valence-corrected chi connectivity index (χ0v) is 13.4. The Bertz CT molecular complexity index is 640. The molecule has 0 fully saturated rings. The Kier molecular flexibility index (Phi) is 5.86. The average molecular weight is 315 g/mol. The molecule has 2 rings (SSSR count). The molecule has 0 aliphatic carbocycles. The Morgan fingerprint density at radius 2 is 1.78 bits per heavy atom. The molecule has 1 N–H and O–H groups in total. The molecule has 5 heteroatoms. The van der Waals surface area contributed by atoms with Crippen LogP contribution in [0.25, 0.3) is 0 Å². The van der Waals surface area contributed by atoms with E-state index in [2.05, 4.69) is 0 Å². The topological polar surface area (TPSA) is 59.0 Å². The fourth-order valence-electron chi connectivity index (χ4n) is 2.08. The maximum absolute atomic E-state index is 10.9. The van der Waals surface area contributed by atoms with Crippen molar-refractivity contribution in [1.82, 2.24) is 4.90 Å². The molecule has 1 amide bonds. The zero-order valence-electron chi connectivity index (χ0n) is 13.4. The van der Waals surface area contributed by atoms with E-state index in [-0.39, 0.29) is 0 Å². The average Bonchev–Trinajstić information content (AvgIpc) is 2.53. The number of aryl methyl sites for hydroxylation is 1. The highest BCUT2D eigenvalue weighted by molar-refractivity contribution is 5.64. The number of carbonyl (C=O) groups is 1. The summed E-state index contributed by atoms with van der Waals surface area (Å²) >= 11 is 0. The van der Waals surface area contributed by atoms with Crippen molar-refractivity contribution in [3.8, 4) is 17.2 Å². The summed E-state index contributed by atoms with van der Waals surface area (Å²) in [5, 5.41) is 8.92. The molecule has 5 nitrogen and oxygen atoms in total. The third kappa shape index (κ3) is 5.21.